The molecule has 1 N–H and O–H groups in total. The van der Waals surface area contributed by atoms with E-state index in [0.29, 0.717) is 12.2 Å². The predicted octanol–water partition coefficient (Wildman–Crippen LogP) is 2.84. The summed E-state index contributed by atoms with van der Waals surface area (Å²) in [5.74, 6) is 0.267. The zero-order chi connectivity index (χ0) is 20.6. The molecule has 0 saturated carbocycles. The van der Waals surface area contributed by atoms with Gasteiger partial charge >= 0.3 is 0 Å². The highest BCUT2D eigenvalue weighted by Gasteiger charge is 2.26. The van der Waals surface area contributed by atoms with Gasteiger partial charge in [-0.2, -0.15) is 4.31 Å². The lowest BCUT2D eigenvalue weighted by atomic mass is 10.1. The minimum Gasteiger partial charge on any atom is -0.497 e. The van der Waals surface area contributed by atoms with E-state index in [4.69, 9.17) is 4.74 Å². The Balaban J connectivity index is 2.22. The van der Waals surface area contributed by atoms with Gasteiger partial charge in [0.05, 0.1) is 18.6 Å². The molecule has 28 heavy (non-hydrogen) atoms. The maximum atomic E-state index is 13.1. The van der Waals surface area contributed by atoms with E-state index in [1.54, 1.807) is 12.1 Å². The number of carbonyl (C=O) groups is 1. The minimum atomic E-state index is -3.82. The second-order valence-electron chi connectivity index (χ2n) is 6.63. The van der Waals surface area contributed by atoms with E-state index in [1.807, 2.05) is 44.2 Å². The van der Waals surface area contributed by atoms with Crippen LogP contribution in [0.3, 0.4) is 0 Å². The summed E-state index contributed by atoms with van der Waals surface area (Å²) in [4.78, 5) is 12.5. The first-order valence-corrected chi connectivity index (χ1v) is 10.8. The lowest BCUT2D eigenvalue weighted by Gasteiger charge is -2.23. The standard InChI is InChI=1S/C21H28N2O4S/c1-4-17(2)22-21(24)16-23(15-14-18-8-6-5-7-9-18)28(25,26)20-12-10-19(27-3)11-13-20/h5-13,17H,4,14-16H2,1-3H3,(H,22,24)/t17-/m0/s1. The monoisotopic (exact) mass is 404 g/mol. The van der Waals surface area contributed by atoms with Gasteiger partial charge in [-0.05, 0) is 49.6 Å². The number of amides is 1. The zero-order valence-electron chi connectivity index (χ0n) is 16.6. The van der Waals surface area contributed by atoms with Crippen LogP contribution in [-0.4, -0.2) is 44.9 Å². The highest BCUT2D eigenvalue weighted by Crippen LogP contribution is 2.20. The topological polar surface area (TPSA) is 75.7 Å². The summed E-state index contributed by atoms with van der Waals surface area (Å²) >= 11 is 0. The van der Waals surface area contributed by atoms with Gasteiger partial charge < -0.3 is 10.1 Å². The molecule has 0 heterocycles. The van der Waals surface area contributed by atoms with E-state index in [0.717, 1.165) is 12.0 Å². The molecule has 1 amide bonds. The third kappa shape index (κ3) is 6.07. The van der Waals surface area contributed by atoms with Crippen LogP contribution in [0.1, 0.15) is 25.8 Å². The molecule has 0 fully saturated rings. The van der Waals surface area contributed by atoms with E-state index in [1.165, 1.54) is 23.5 Å². The van der Waals surface area contributed by atoms with Crippen molar-refractivity contribution in [3.8, 4) is 5.75 Å². The van der Waals surface area contributed by atoms with Crippen molar-refractivity contribution >= 4 is 15.9 Å². The molecule has 1 atom stereocenters. The van der Waals surface area contributed by atoms with Crippen LogP contribution in [0.15, 0.2) is 59.5 Å². The highest BCUT2D eigenvalue weighted by molar-refractivity contribution is 7.89. The molecular weight excluding hydrogens is 376 g/mol. The quantitative estimate of drug-likeness (QED) is 0.661. The molecule has 0 aliphatic rings. The fraction of sp³-hybridized carbons (Fsp3) is 0.381. The van der Waals surface area contributed by atoms with Gasteiger partial charge in [0.25, 0.3) is 0 Å². The average Bonchev–Trinajstić information content (AvgIpc) is 2.71. The van der Waals surface area contributed by atoms with E-state index in [2.05, 4.69) is 5.32 Å². The second-order valence-corrected chi connectivity index (χ2v) is 8.56. The normalized spacial score (nSPS) is 12.6. The van der Waals surface area contributed by atoms with Crippen LogP contribution in [0.5, 0.6) is 5.75 Å². The summed E-state index contributed by atoms with van der Waals surface area (Å²) < 4.78 is 32.6. The first kappa shape index (κ1) is 21.9. The van der Waals surface area contributed by atoms with Gasteiger partial charge in [0.1, 0.15) is 5.75 Å². The van der Waals surface area contributed by atoms with Gasteiger partial charge in [-0.25, -0.2) is 8.42 Å². The Morgan fingerprint density at radius 2 is 1.75 bits per heavy atom. The molecule has 2 rings (SSSR count). The van der Waals surface area contributed by atoms with Crippen molar-refractivity contribution < 1.29 is 17.9 Å². The number of carbonyl (C=O) groups excluding carboxylic acids is 1. The third-order valence-electron chi connectivity index (χ3n) is 4.53. The van der Waals surface area contributed by atoms with Crippen LogP contribution in [0, 0.1) is 0 Å². The fourth-order valence-corrected chi connectivity index (χ4v) is 4.06. The van der Waals surface area contributed by atoms with Crippen LogP contribution < -0.4 is 10.1 Å². The number of methoxy groups -OCH3 is 1. The van der Waals surface area contributed by atoms with Crippen LogP contribution in [0.2, 0.25) is 0 Å². The maximum absolute atomic E-state index is 13.1. The molecule has 0 radical (unpaired) electrons. The number of nitrogens with zero attached hydrogens (tertiary/aromatic N) is 1. The molecule has 7 heteroatoms. The molecule has 0 aromatic heterocycles. The van der Waals surface area contributed by atoms with Crippen molar-refractivity contribution in [2.24, 2.45) is 0 Å². The Morgan fingerprint density at radius 3 is 2.32 bits per heavy atom. The predicted molar refractivity (Wildman–Crippen MR) is 110 cm³/mol. The summed E-state index contributed by atoms with van der Waals surface area (Å²) in [6.45, 7) is 3.86. The van der Waals surface area contributed by atoms with Crippen molar-refractivity contribution in [1.29, 1.82) is 0 Å². The van der Waals surface area contributed by atoms with Crippen molar-refractivity contribution in [3.05, 3.63) is 60.2 Å². The molecule has 0 spiro atoms. The van der Waals surface area contributed by atoms with Crippen molar-refractivity contribution in [1.82, 2.24) is 9.62 Å². The molecule has 152 valence electrons. The van der Waals surface area contributed by atoms with Crippen LogP contribution in [0.25, 0.3) is 0 Å². The largest absolute Gasteiger partial charge is 0.497 e. The number of hydrogen-bond acceptors (Lipinski definition) is 4. The van der Waals surface area contributed by atoms with Crippen LogP contribution in [-0.2, 0) is 21.2 Å². The van der Waals surface area contributed by atoms with E-state index in [9.17, 15) is 13.2 Å². The van der Waals surface area contributed by atoms with Gasteiger partial charge in [0.2, 0.25) is 15.9 Å². The first-order chi connectivity index (χ1) is 13.4. The molecule has 2 aromatic carbocycles. The third-order valence-corrected chi connectivity index (χ3v) is 6.39. The van der Waals surface area contributed by atoms with Crippen molar-refractivity contribution in [3.63, 3.8) is 0 Å². The molecule has 0 aliphatic heterocycles. The Kier molecular flexibility index (Phi) is 8.02. The zero-order valence-corrected chi connectivity index (χ0v) is 17.4. The number of ether oxygens (including phenoxy) is 1. The minimum absolute atomic E-state index is 0.00726. The van der Waals surface area contributed by atoms with Gasteiger partial charge in [-0.3, -0.25) is 4.79 Å². The van der Waals surface area contributed by atoms with Gasteiger partial charge in [-0.15, -0.1) is 0 Å². The maximum Gasteiger partial charge on any atom is 0.243 e. The summed E-state index contributed by atoms with van der Waals surface area (Å²) in [6, 6.07) is 15.8. The number of sulfonamides is 1. The van der Waals surface area contributed by atoms with Crippen molar-refractivity contribution in [2.75, 3.05) is 20.2 Å². The number of benzene rings is 2. The summed E-state index contributed by atoms with van der Waals surface area (Å²) in [5, 5.41) is 2.83. The fourth-order valence-electron chi connectivity index (χ4n) is 2.66. The number of rotatable bonds is 10. The van der Waals surface area contributed by atoms with E-state index >= 15 is 0 Å². The molecule has 6 nitrogen and oxygen atoms in total. The lowest BCUT2D eigenvalue weighted by molar-refractivity contribution is -0.121. The average molecular weight is 405 g/mol. The molecule has 0 aliphatic carbocycles. The van der Waals surface area contributed by atoms with Gasteiger partial charge in [0, 0.05) is 12.6 Å². The molecule has 0 unspecified atom stereocenters. The Hall–Kier alpha value is -2.38. The van der Waals surface area contributed by atoms with Crippen molar-refractivity contribution in [2.45, 2.75) is 37.6 Å². The summed E-state index contributed by atoms with van der Waals surface area (Å²) in [7, 11) is -2.29. The Morgan fingerprint density at radius 1 is 1.11 bits per heavy atom. The second kappa shape index (κ2) is 10.2. The summed E-state index contributed by atoms with van der Waals surface area (Å²) in [5.41, 5.74) is 1.01. The lowest BCUT2D eigenvalue weighted by Crippen LogP contribution is -2.44. The van der Waals surface area contributed by atoms with Gasteiger partial charge in [-0.1, -0.05) is 37.3 Å². The van der Waals surface area contributed by atoms with E-state index < -0.39 is 10.0 Å². The van der Waals surface area contributed by atoms with E-state index in [-0.39, 0.29) is 29.9 Å². The smallest absolute Gasteiger partial charge is 0.243 e. The van der Waals surface area contributed by atoms with Gasteiger partial charge in [0.15, 0.2) is 0 Å². The number of hydrogen-bond donors (Lipinski definition) is 1. The Bertz CT molecular complexity index is 852. The summed E-state index contributed by atoms with van der Waals surface area (Å²) in [6.07, 6.45) is 1.30. The molecule has 0 bridgehead atoms. The number of nitrogens with one attached hydrogen (secondary N) is 1. The van der Waals surface area contributed by atoms with Crippen LogP contribution in [0.4, 0.5) is 0 Å². The molecular formula is C21H28N2O4S. The SMILES string of the molecule is CC[C@H](C)NC(=O)CN(CCc1ccccc1)S(=O)(=O)c1ccc(OC)cc1. The molecule has 0 saturated heterocycles. The highest BCUT2D eigenvalue weighted by atomic mass is 32.2. The Labute approximate surface area is 167 Å². The first-order valence-electron chi connectivity index (χ1n) is 9.34. The van der Waals surface area contributed by atoms with Crippen LogP contribution >= 0.6 is 0 Å². The molecule has 2 aromatic rings.